The molecule has 1 saturated heterocycles. The summed E-state index contributed by atoms with van der Waals surface area (Å²) in [5.41, 5.74) is 2.45. The van der Waals surface area contributed by atoms with Crippen LogP contribution in [0, 0.1) is 6.92 Å². The van der Waals surface area contributed by atoms with E-state index in [2.05, 4.69) is 37.7 Å². The maximum Gasteiger partial charge on any atom is 0.225 e. The summed E-state index contributed by atoms with van der Waals surface area (Å²) in [6.45, 7) is 7.16. The molecule has 0 atom stereocenters. The second kappa shape index (κ2) is 6.63. The van der Waals surface area contributed by atoms with E-state index < -0.39 is 0 Å². The van der Waals surface area contributed by atoms with Crippen LogP contribution in [0.4, 0.5) is 5.95 Å². The highest BCUT2D eigenvalue weighted by molar-refractivity contribution is 5.28. The van der Waals surface area contributed by atoms with E-state index in [4.69, 9.17) is 0 Å². The molecule has 5 heteroatoms. The van der Waals surface area contributed by atoms with E-state index in [0.717, 1.165) is 45.1 Å². The van der Waals surface area contributed by atoms with Crippen LogP contribution in [0.1, 0.15) is 17.7 Å². The molecule has 21 heavy (non-hydrogen) atoms. The van der Waals surface area contributed by atoms with Crippen LogP contribution < -0.4 is 4.90 Å². The lowest BCUT2D eigenvalue weighted by Gasteiger charge is -2.22. The predicted octanol–water partition coefficient (Wildman–Crippen LogP) is 1.89. The first-order valence-electron chi connectivity index (χ1n) is 7.48. The Balaban J connectivity index is 1.62. The molecule has 0 unspecified atom stereocenters. The largest absolute Gasteiger partial charge is 0.339 e. The standard InChI is InChI=1S/C16H21N5/c1-14-5-2-6-17-15(14)13-20-9-4-10-21(12-11-20)16-18-7-3-8-19-16/h2-3,5-8H,4,9-13H2,1H3. The fourth-order valence-electron chi connectivity index (χ4n) is 2.68. The summed E-state index contributed by atoms with van der Waals surface area (Å²) in [6, 6.07) is 5.98. The first-order valence-corrected chi connectivity index (χ1v) is 7.48. The Hall–Kier alpha value is -2.01. The van der Waals surface area contributed by atoms with Crippen LogP contribution in [0.25, 0.3) is 0 Å². The van der Waals surface area contributed by atoms with Crippen molar-refractivity contribution >= 4 is 5.95 Å². The molecule has 0 N–H and O–H groups in total. The molecular formula is C16H21N5. The van der Waals surface area contributed by atoms with E-state index in [1.165, 1.54) is 11.3 Å². The number of anilines is 1. The first-order chi connectivity index (χ1) is 10.3. The van der Waals surface area contributed by atoms with Crippen LogP contribution in [0.5, 0.6) is 0 Å². The summed E-state index contributed by atoms with van der Waals surface area (Å²) in [5.74, 6) is 0.841. The normalized spacial score (nSPS) is 16.7. The lowest BCUT2D eigenvalue weighted by atomic mass is 10.2. The molecule has 1 aliphatic rings. The first kappa shape index (κ1) is 13.9. The van der Waals surface area contributed by atoms with Crippen LogP contribution in [0.15, 0.2) is 36.8 Å². The molecule has 2 aromatic heterocycles. The Morgan fingerprint density at radius 1 is 0.952 bits per heavy atom. The summed E-state index contributed by atoms with van der Waals surface area (Å²) in [7, 11) is 0. The van der Waals surface area contributed by atoms with Gasteiger partial charge in [0.15, 0.2) is 0 Å². The average molecular weight is 283 g/mol. The molecule has 0 amide bonds. The number of hydrogen-bond donors (Lipinski definition) is 0. The molecule has 2 aromatic rings. The Morgan fingerprint density at radius 3 is 2.57 bits per heavy atom. The van der Waals surface area contributed by atoms with Gasteiger partial charge in [0.1, 0.15) is 0 Å². The van der Waals surface area contributed by atoms with Crippen LogP contribution in [-0.2, 0) is 6.54 Å². The van der Waals surface area contributed by atoms with E-state index in [1.807, 2.05) is 30.7 Å². The Bertz CT molecular complexity index is 572. The summed E-state index contributed by atoms with van der Waals surface area (Å²) < 4.78 is 0. The Labute approximate surface area is 125 Å². The minimum absolute atomic E-state index is 0.841. The molecule has 110 valence electrons. The van der Waals surface area contributed by atoms with Gasteiger partial charge < -0.3 is 4.90 Å². The third-order valence-electron chi connectivity index (χ3n) is 3.91. The second-order valence-corrected chi connectivity index (χ2v) is 5.43. The van der Waals surface area contributed by atoms with Gasteiger partial charge in [0.25, 0.3) is 0 Å². The van der Waals surface area contributed by atoms with Crippen molar-refractivity contribution < 1.29 is 0 Å². The monoisotopic (exact) mass is 283 g/mol. The van der Waals surface area contributed by atoms with E-state index in [9.17, 15) is 0 Å². The SMILES string of the molecule is Cc1cccnc1CN1CCCN(c2ncccn2)CC1. The van der Waals surface area contributed by atoms with E-state index in [1.54, 1.807) is 0 Å². The van der Waals surface area contributed by atoms with Gasteiger partial charge in [-0.2, -0.15) is 0 Å². The highest BCUT2D eigenvalue weighted by atomic mass is 15.3. The lowest BCUT2D eigenvalue weighted by Crippen LogP contribution is -2.31. The van der Waals surface area contributed by atoms with Gasteiger partial charge >= 0.3 is 0 Å². The van der Waals surface area contributed by atoms with Gasteiger partial charge in [-0.3, -0.25) is 9.88 Å². The van der Waals surface area contributed by atoms with Gasteiger partial charge in [-0.15, -0.1) is 0 Å². The molecule has 0 aliphatic carbocycles. The molecule has 0 saturated carbocycles. The quantitative estimate of drug-likeness (QED) is 0.861. The third-order valence-corrected chi connectivity index (χ3v) is 3.91. The molecule has 0 radical (unpaired) electrons. The van der Waals surface area contributed by atoms with Crippen LogP contribution >= 0.6 is 0 Å². The summed E-state index contributed by atoms with van der Waals surface area (Å²) in [4.78, 5) is 17.9. The van der Waals surface area contributed by atoms with Crippen LogP contribution in [-0.4, -0.2) is 46.0 Å². The Morgan fingerprint density at radius 2 is 1.76 bits per heavy atom. The Kier molecular flexibility index (Phi) is 4.40. The molecule has 0 aromatic carbocycles. The van der Waals surface area contributed by atoms with Crippen molar-refractivity contribution in [1.82, 2.24) is 19.9 Å². The average Bonchev–Trinajstić information content (AvgIpc) is 2.76. The topological polar surface area (TPSA) is 45.2 Å². The van der Waals surface area contributed by atoms with E-state index in [-0.39, 0.29) is 0 Å². The van der Waals surface area contributed by atoms with Gasteiger partial charge in [-0.1, -0.05) is 6.07 Å². The molecule has 3 rings (SSSR count). The van der Waals surface area contributed by atoms with Gasteiger partial charge in [-0.05, 0) is 31.0 Å². The summed E-state index contributed by atoms with van der Waals surface area (Å²) in [6.07, 6.45) is 6.62. The van der Waals surface area contributed by atoms with Crippen molar-refractivity contribution in [1.29, 1.82) is 0 Å². The minimum Gasteiger partial charge on any atom is -0.339 e. The summed E-state index contributed by atoms with van der Waals surface area (Å²) >= 11 is 0. The van der Waals surface area contributed by atoms with E-state index in [0.29, 0.717) is 0 Å². The van der Waals surface area contributed by atoms with Gasteiger partial charge in [0, 0.05) is 51.3 Å². The zero-order valence-electron chi connectivity index (χ0n) is 12.4. The number of hydrogen-bond acceptors (Lipinski definition) is 5. The van der Waals surface area contributed by atoms with Gasteiger partial charge in [0.2, 0.25) is 5.95 Å². The maximum absolute atomic E-state index is 4.50. The summed E-state index contributed by atoms with van der Waals surface area (Å²) in [5, 5.41) is 0. The lowest BCUT2D eigenvalue weighted by molar-refractivity contribution is 0.281. The second-order valence-electron chi connectivity index (χ2n) is 5.43. The van der Waals surface area contributed by atoms with Gasteiger partial charge in [0.05, 0.1) is 5.69 Å². The zero-order chi connectivity index (χ0) is 14.5. The molecule has 0 spiro atoms. The molecular weight excluding hydrogens is 262 g/mol. The van der Waals surface area contributed by atoms with Crippen molar-refractivity contribution in [3.05, 3.63) is 48.0 Å². The highest BCUT2D eigenvalue weighted by Gasteiger charge is 2.17. The number of pyridine rings is 1. The maximum atomic E-state index is 4.50. The molecule has 3 heterocycles. The fourth-order valence-corrected chi connectivity index (χ4v) is 2.68. The molecule has 5 nitrogen and oxygen atoms in total. The highest BCUT2D eigenvalue weighted by Crippen LogP contribution is 2.13. The van der Waals surface area contributed by atoms with Crippen LogP contribution in [0.3, 0.4) is 0 Å². The van der Waals surface area contributed by atoms with Crippen LogP contribution in [0.2, 0.25) is 0 Å². The number of aromatic nitrogens is 3. The molecule has 0 bridgehead atoms. The van der Waals surface area contributed by atoms with Crippen molar-refractivity contribution in [2.24, 2.45) is 0 Å². The molecule has 1 aliphatic heterocycles. The van der Waals surface area contributed by atoms with Crippen molar-refractivity contribution in [3.63, 3.8) is 0 Å². The van der Waals surface area contributed by atoms with Crippen molar-refractivity contribution in [3.8, 4) is 0 Å². The third kappa shape index (κ3) is 3.55. The minimum atomic E-state index is 0.841. The van der Waals surface area contributed by atoms with Crippen molar-refractivity contribution in [2.75, 3.05) is 31.1 Å². The number of aryl methyl sites for hydroxylation is 1. The molecule has 1 fully saturated rings. The number of nitrogens with zero attached hydrogens (tertiary/aromatic N) is 5. The number of rotatable bonds is 3. The zero-order valence-corrected chi connectivity index (χ0v) is 12.4. The fraction of sp³-hybridized carbons (Fsp3) is 0.438. The van der Waals surface area contributed by atoms with E-state index >= 15 is 0 Å². The smallest absolute Gasteiger partial charge is 0.225 e. The van der Waals surface area contributed by atoms with Crippen molar-refractivity contribution in [2.45, 2.75) is 19.9 Å². The predicted molar refractivity (Wildman–Crippen MR) is 83.1 cm³/mol. The van der Waals surface area contributed by atoms with Gasteiger partial charge in [-0.25, -0.2) is 9.97 Å².